The summed E-state index contributed by atoms with van der Waals surface area (Å²) >= 11 is 0.837. The predicted molar refractivity (Wildman–Crippen MR) is 137 cm³/mol. The van der Waals surface area contributed by atoms with Crippen LogP contribution in [0.5, 0.6) is 0 Å². The molecule has 3 N–H and O–H groups in total. The van der Waals surface area contributed by atoms with Crippen LogP contribution in [0.4, 0.5) is 23.9 Å². The number of hydrogen-bond acceptors (Lipinski definition) is 8. The summed E-state index contributed by atoms with van der Waals surface area (Å²) in [6.45, 7) is 2.32. The normalized spacial score (nSPS) is 17.9. The number of aromatic amines is 1. The number of pyridine rings is 1. The van der Waals surface area contributed by atoms with E-state index in [4.69, 9.17) is 0 Å². The van der Waals surface area contributed by atoms with Crippen LogP contribution in [0.2, 0.25) is 0 Å². The summed E-state index contributed by atoms with van der Waals surface area (Å²) in [5.74, 6) is 0.453. The van der Waals surface area contributed by atoms with Crippen molar-refractivity contribution in [3.05, 3.63) is 64.6 Å². The van der Waals surface area contributed by atoms with Gasteiger partial charge in [-0.2, -0.15) is 13.2 Å². The van der Waals surface area contributed by atoms with Crippen LogP contribution in [-0.2, 0) is 17.5 Å². The Labute approximate surface area is 220 Å². The van der Waals surface area contributed by atoms with E-state index in [-0.39, 0.29) is 12.2 Å². The highest BCUT2D eigenvalue weighted by molar-refractivity contribution is 8.18. The Kier molecular flexibility index (Phi) is 7.47. The molecule has 0 aromatic carbocycles. The van der Waals surface area contributed by atoms with Crippen molar-refractivity contribution < 1.29 is 22.8 Å². The van der Waals surface area contributed by atoms with Crippen LogP contribution in [0.1, 0.15) is 29.8 Å². The molecule has 13 heteroatoms. The van der Waals surface area contributed by atoms with E-state index in [0.29, 0.717) is 40.4 Å². The lowest BCUT2D eigenvalue weighted by atomic mass is 9.97. The molecule has 0 saturated carbocycles. The van der Waals surface area contributed by atoms with Crippen LogP contribution in [0.15, 0.2) is 47.6 Å². The lowest BCUT2D eigenvalue weighted by Crippen LogP contribution is -2.38. The maximum Gasteiger partial charge on any atom is 0.416 e. The largest absolute Gasteiger partial charge is 0.416 e. The van der Waals surface area contributed by atoms with Crippen LogP contribution in [-0.4, -0.2) is 50.7 Å². The maximum absolute atomic E-state index is 13.4. The number of nitrogens with zero attached hydrogens (tertiary/aromatic N) is 4. The number of carbonyl (C=O) groups excluding carboxylic acids is 2. The number of anilines is 1. The number of hydrogen-bond donors (Lipinski definition) is 3. The first kappa shape index (κ1) is 25.9. The second kappa shape index (κ2) is 11.0. The zero-order chi connectivity index (χ0) is 26.7. The number of imide groups is 1. The Morgan fingerprint density at radius 2 is 1.97 bits per heavy atom. The van der Waals surface area contributed by atoms with E-state index in [1.54, 1.807) is 36.7 Å². The monoisotopic (exact) mass is 543 g/mol. The van der Waals surface area contributed by atoms with Gasteiger partial charge in [0.15, 0.2) is 0 Å². The topological polar surface area (TPSA) is 116 Å². The van der Waals surface area contributed by atoms with Crippen molar-refractivity contribution in [1.29, 1.82) is 0 Å². The van der Waals surface area contributed by atoms with Gasteiger partial charge in [0.1, 0.15) is 0 Å². The van der Waals surface area contributed by atoms with Crippen molar-refractivity contribution in [2.75, 3.05) is 24.5 Å². The van der Waals surface area contributed by atoms with Crippen LogP contribution in [0.3, 0.4) is 0 Å². The second-order valence-electron chi connectivity index (χ2n) is 9.01. The molecule has 0 aliphatic carbocycles. The van der Waals surface area contributed by atoms with Crippen LogP contribution in [0, 0.1) is 5.92 Å². The summed E-state index contributed by atoms with van der Waals surface area (Å²) in [5.41, 5.74) is 0.937. The van der Waals surface area contributed by atoms with Crippen LogP contribution < -0.4 is 15.5 Å². The Morgan fingerprint density at radius 3 is 2.66 bits per heavy atom. The number of amides is 2. The lowest BCUT2D eigenvalue weighted by molar-refractivity contribution is -0.137. The molecule has 5 heterocycles. The molecule has 198 valence electrons. The van der Waals surface area contributed by atoms with E-state index in [0.717, 1.165) is 49.8 Å². The Morgan fingerprint density at radius 1 is 1.16 bits per heavy atom. The molecule has 5 rings (SSSR count). The van der Waals surface area contributed by atoms with Gasteiger partial charge in [0.2, 0.25) is 5.95 Å². The van der Waals surface area contributed by atoms with Crippen molar-refractivity contribution in [1.82, 2.24) is 30.6 Å². The highest BCUT2D eigenvalue weighted by Crippen LogP contribution is 2.32. The van der Waals surface area contributed by atoms with E-state index in [1.807, 2.05) is 0 Å². The zero-order valence-corrected chi connectivity index (χ0v) is 20.9. The van der Waals surface area contributed by atoms with Crippen LogP contribution >= 0.6 is 11.8 Å². The van der Waals surface area contributed by atoms with Gasteiger partial charge >= 0.3 is 6.18 Å². The molecular weight excluding hydrogens is 519 g/mol. The third kappa shape index (κ3) is 6.22. The molecule has 0 unspecified atom stereocenters. The minimum Gasteiger partial charge on any atom is -0.360 e. The molecule has 2 amide bonds. The van der Waals surface area contributed by atoms with Gasteiger partial charge in [0.05, 0.1) is 33.2 Å². The van der Waals surface area contributed by atoms with Gasteiger partial charge in [0.25, 0.3) is 11.1 Å². The zero-order valence-electron chi connectivity index (χ0n) is 20.1. The number of nitrogens with one attached hydrogen (secondary N) is 3. The molecule has 0 spiro atoms. The van der Waals surface area contributed by atoms with E-state index in [2.05, 4.69) is 35.5 Å². The van der Waals surface area contributed by atoms with E-state index < -0.39 is 22.9 Å². The van der Waals surface area contributed by atoms with Crippen LogP contribution in [0.25, 0.3) is 17.5 Å². The summed E-state index contributed by atoms with van der Waals surface area (Å²) in [6, 6.07) is 7.22. The second-order valence-corrected chi connectivity index (χ2v) is 10.0. The van der Waals surface area contributed by atoms with Gasteiger partial charge in [-0.3, -0.25) is 14.9 Å². The molecular formula is C25H24F3N7O2S. The van der Waals surface area contributed by atoms with Gasteiger partial charge in [0, 0.05) is 32.0 Å². The van der Waals surface area contributed by atoms with Crippen molar-refractivity contribution in [3.63, 3.8) is 0 Å². The molecule has 3 aromatic heterocycles. The quantitative estimate of drug-likeness (QED) is 0.380. The average molecular weight is 544 g/mol. The molecule has 3 aromatic rings. The third-order valence-electron chi connectivity index (χ3n) is 6.30. The van der Waals surface area contributed by atoms with Gasteiger partial charge in [-0.1, -0.05) is 0 Å². The SMILES string of the molecule is O=C1NC(=O)C(=Cc2ccnc(N3CCC(CNCc4cc(C(F)(F)F)cc(-c5ccc[nH]5)n4)CC3)n2)S1. The summed E-state index contributed by atoms with van der Waals surface area (Å²) < 4.78 is 40.3. The van der Waals surface area contributed by atoms with Crippen molar-refractivity contribution >= 4 is 34.9 Å². The summed E-state index contributed by atoms with van der Waals surface area (Å²) in [7, 11) is 0. The van der Waals surface area contributed by atoms with E-state index in [9.17, 15) is 22.8 Å². The highest BCUT2D eigenvalue weighted by atomic mass is 32.2. The first-order chi connectivity index (χ1) is 18.2. The molecule has 2 aliphatic rings. The first-order valence-corrected chi connectivity index (χ1v) is 12.8. The summed E-state index contributed by atoms with van der Waals surface area (Å²) in [6.07, 6.45) is 2.09. The third-order valence-corrected chi connectivity index (χ3v) is 7.11. The number of piperidine rings is 1. The molecule has 0 bridgehead atoms. The van der Waals surface area contributed by atoms with Crippen molar-refractivity contribution in [2.24, 2.45) is 5.92 Å². The Hall–Kier alpha value is -3.71. The lowest BCUT2D eigenvalue weighted by Gasteiger charge is -2.32. The number of rotatable bonds is 7. The first-order valence-electron chi connectivity index (χ1n) is 12.0. The van der Waals surface area contributed by atoms with Crippen molar-refractivity contribution in [3.8, 4) is 11.4 Å². The van der Waals surface area contributed by atoms with Gasteiger partial charge < -0.3 is 15.2 Å². The molecule has 0 atom stereocenters. The number of halogens is 3. The fourth-order valence-corrected chi connectivity index (χ4v) is 5.03. The standard InChI is InChI=1S/C25H24F3N7O2S/c26-25(27,28)16-10-18(32-20(11-16)19-2-1-6-30-19)14-29-13-15-4-8-35(9-5-15)23-31-7-3-17(33-23)12-21-22(36)34-24(37)38-21/h1-3,6-7,10-12,15,29-30H,4-5,8-9,13-14H2,(H,34,36,37). The summed E-state index contributed by atoms with van der Waals surface area (Å²) in [5, 5.41) is 5.08. The molecule has 2 fully saturated rings. The Balaban J connectivity index is 1.16. The minimum absolute atomic E-state index is 0.228. The number of aromatic nitrogens is 4. The highest BCUT2D eigenvalue weighted by Gasteiger charge is 2.32. The molecule has 2 aliphatic heterocycles. The Bertz CT molecular complexity index is 1350. The molecule has 9 nitrogen and oxygen atoms in total. The van der Waals surface area contributed by atoms with Crippen molar-refractivity contribution in [2.45, 2.75) is 25.6 Å². The molecule has 0 radical (unpaired) electrons. The number of carbonyl (C=O) groups is 2. The fourth-order valence-electron chi connectivity index (χ4n) is 4.36. The average Bonchev–Trinajstić information content (AvgIpc) is 3.54. The predicted octanol–water partition coefficient (Wildman–Crippen LogP) is 4.22. The number of H-pyrrole nitrogens is 1. The van der Waals surface area contributed by atoms with E-state index >= 15 is 0 Å². The minimum atomic E-state index is -4.46. The van der Waals surface area contributed by atoms with Gasteiger partial charge in [-0.05, 0) is 73.5 Å². The van der Waals surface area contributed by atoms with Gasteiger partial charge in [-0.15, -0.1) is 0 Å². The molecule has 2 saturated heterocycles. The fraction of sp³-hybridized carbons (Fsp3) is 0.320. The number of thioether (sulfide) groups is 1. The molecule has 38 heavy (non-hydrogen) atoms. The van der Waals surface area contributed by atoms with E-state index in [1.165, 1.54) is 0 Å². The van der Waals surface area contributed by atoms with Gasteiger partial charge in [-0.25, -0.2) is 15.0 Å². The summed E-state index contributed by atoms with van der Waals surface area (Å²) in [4.78, 5) is 41.7. The number of alkyl halides is 3. The smallest absolute Gasteiger partial charge is 0.360 e. The maximum atomic E-state index is 13.4.